The molecule has 0 amide bonds. The van der Waals surface area contributed by atoms with Crippen molar-refractivity contribution in [1.82, 2.24) is 5.43 Å². The first-order chi connectivity index (χ1) is 9.43. The fourth-order valence-electron chi connectivity index (χ4n) is 3.39. The van der Waals surface area contributed by atoms with E-state index >= 15 is 0 Å². The Balaban J connectivity index is 2.19. The van der Waals surface area contributed by atoms with Crippen LogP contribution in [0, 0.1) is 24.6 Å². The van der Waals surface area contributed by atoms with Crippen LogP contribution >= 0.6 is 0 Å². The third-order valence-electron chi connectivity index (χ3n) is 4.75. The normalized spacial score (nSPS) is 31.5. The van der Waals surface area contributed by atoms with Crippen molar-refractivity contribution in [2.24, 2.45) is 17.7 Å². The fourth-order valence-corrected chi connectivity index (χ4v) is 3.39. The summed E-state index contributed by atoms with van der Waals surface area (Å²) in [6, 6.07) is 5.01. The lowest BCUT2D eigenvalue weighted by molar-refractivity contribution is 0.0475. The Kier molecular flexibility index (Phi) is 4.78. The number of hydrogen-bond acceptors (Lipinski definition) is 3. The maximum atomic E-state index is 13.4. The second-order valence-corrected chi connectivity index (χ2v) is 6.03. The fraction of sp³-hybridized carbons (Fsp3) is 0.625. The summed E-state index contributed by atoms with van der Waals surface area (Å²) in [7, 11) is 0. The summed E-state index contributed by atoms with van der Waals surface area (Å²) in [5, 5.41) is 0. The van der Waals surface area contributed by atoms with Gasteiger partial charge in [-0.3, -0.25) is 11.3 Å². The van der Waals surface area contributed by atoms with Crippen molar-refractivity contribution in [2.45, 2.75) is 52.4 Å². The van der Waals surface area contributed by atoms with Gasteiger partial charge < -0.3 is 4.74 Å². The SMILES string of the molecule is Cc1ccc(F)cc1CC(NN)C1C(C)OC(C)C1C. The van der Waals surface area contributed by atoms with Gasteiger partial charge in [0.1, 0.15) is 5.82 Å². The summed E-state index contributed by atoms with van der Waals surface area (Å²) in [5.41, 5.74) is 5.02. The first kappa shape index (κ1) is 15.4. The van der Waals surface area contributed by atoms with Crippen LogP contribution in [-0.4, -0.2) is 18.2 Å². The number of ether oxygens (including phenoxy) is 1. The van der Waals surface area contributed by atoms with E-state index in [-0.39, 0.29) is 24.1 Å². The van der Waals surface area contributed by atoms with Gasteiger partial charge in [-0.05, 0) is 56.4 Å². The van der Waals surface area contributed by atoms with E-state index in [0.717, 1.165) is 17.5 Å². The Bertz CT molecular complexity index is 466. The van der Waals surface area contributed by atoms with E-state index in [2.05, 4.69) is 26.2 Å². The van der Waals surface area contributed by atoms with E-state index in [1.165, 1.54) is 6.07 Å². The quantitative estimate of drug-likeness (QED) is 0.658. The minimum absolute atomic E-state index is 0.0884. The molecule has 1 aromatic carbocycles. The first-order valence-corrected chi connectivity index (χ1v) is 7.30. The molecule has 0 saturated carbocycles. The van der Waals surface area contributed by atoms with Crippen molar-refractivity contribution < 1.29 is 9.13 Å². The Morgan fingerprint density at radius 2 is 2.00 bits per heavy atom. The van der Waals surface area contributed by atoms with E-state index < -0.39 is 0 Å². The molecule has 4 heteroatoms. The molecule has 2 rings (SSSR count). The van der Waals surface area contributed by atoms with Crippen LogP contribution in [0.2, 0.25) is 0 Å². The van der Waals surface area contributed by atoms with E-state index in [1.807, 2.05) is 13.0 Å². The Labute approximate surface area is 120 Å². The third kappa shape index (κ3) is 3.03. The molecule has 0 radical (unpaired) electrons. The number of nitrogens with two attached hydrogens (primary N) is 1. The second-order valence-electron chi connectivity index (χ2n) is 6.03. The lowest BCUT2D eigenvalue weighted by Gasteiger charge is -2.29. The molecule has 3 nitrogen and oxygen atoms in total. The molecular weight excluding hydrogens is 255 g/mol. The predicted molar refractivity (Wildman–Crippen MR) is 78.6 cm³/mol. The monoisotopic (exact) mass is 280 g/mol. The molecular formula is C16H25FN2O. The molecule has 1 aliphatic heterocycles. The van der Waals surface area contributed by atoms with Crippen molar-refractivity contribution in [2.75, 3.05) is 0 Å². The van der Waals surface area contributed by atoms with Crippen LogP contribution in [0.3, 0.4) is 0 Å². The third-order valence-corrected chi connectivity index (χ3v) is 4.75. The average Bonchev–Trinajstić information content (AvgIpc) is 2.65. The zero-order valence-electron chi connectivity index (χ0n) is 12.7. The standard InChI is InChI=1S/C16H25FN2O/c1-9-5-6-14(17)7-13(9)8-15(19-18)16-10(2)11(3)20-12(16)4/h5-7,10-12,15-16,19H,8,18H2,1-4H3. The average molecular weight is 280 g/mol. The van der Waals surface area contributed by atoms with Crippen molar-refractivity contribution in [3.05, 3.63) is 35.1 Å². The topological polar surface area (TPSA) is 47.3 Å². The van der Waals surface area contributed by atoms with Crippen molar-refractivity contribution >= 4 is 0 Å². The largest absolute Gasteiger partial charge is 0.375 e. The number of hydrogen-bond donors (Lipinski definition) is 2. The lowest BCUT2D eigenvalue weighted by atomic mass is 9.81. The number of aryl methyl sites for hydroxylation is 1. The van der Waals surface area contributed by atoms with Crippen LogP contribution in [-0.2, 0) is 11.2 Å². The molecule has 1 saturated heterocycles. The number of hydrazine groups is 1. The second kappa shape index (κ2) is 6.20. The molecule has 20 heavy (non-hydrogen) atoms. The highest BCUT2D eigenvalue weighted by Crippen LogP contribution is 2.35. The van der Waals surface area contributed by atoms with E-state index in [1.54, 1.807) is 6.07 Å². The first-order valence-electron chi connectivity index (χ1n) is 7.30. The Morgan fingerprint density at radius 3 is 2.55 bits per heavy atom. The highest BCUT2D eigenvalue weighted by Gasteiger charge is 2.41. The van der Waals surface area contributed by atoms with E-state index in [9.17, 15) is 4.39 Å². The van der Waals surface area contributed by atoms with Crippen molar-refractivity contribution in [3.8, 4) is 0 Å². The molecule has 0 aromatic heterocycles. The summed E-state index contributed by atoms with van der Waals surface area (Å²) >= 11 is 0. The van der Waals surface area contributed by atoms with Crippen LogP contribution < -0.4 is 11.3 Å². The number of halogens is 1. The van der Waals surface area contributed by atoms with Gasteiger partial charge in [-0.15, -0.1) is 0 Å². The molecule has 3 N–H and O–H groups in total. The molecule has 5 atom stereocenters. The highest BCUT2D eigenvalue weighted by molar-refractivity contribution is 5.27. The van der Waals surface area contributed by atoms with Crippen LogP contribution in [0.15, 0.2) is 18.2 Å². The molecule has 0 aliphatic carbocycles. The summed E-state index contributed by atoms with van der Waals surface area (Å²) in [6.07, 6.45) is 1.12. The summed E-state index contributed by atoms with van der Waals surface area (Å²) in [4.78, 5) is 0. The minimum Gasteiger partial charge on any atom is -0.375 e. The maximum Gasteiger partial charge on any atom is 0.123 e. The minimum atomic E-state index is -0.196. The molecule has 5 unspecified atom stereocenters. The van der Waals surface area contributed by atoms with Gasteiger partial charge in [0.15, 0.2) is 0 Å². The van der Waals surface area contributed by atoms with Crippen LogP contribution in [0.5, 0.6) is 0 Å². The molecule has 1 heterocycles. The smallest absolute Gasteiger partial charge is 0.123 e. The van der Waals surface area contributed by atoms with Crippen molar-refractivity contribution in [1.29, 1.82) is 0 Å². The van der Waals surface area contributed by atoms with Gasteiger partial charge in [0.05, 0.1) is 12.2 Å². The van der Waals surface area contributed by atoms with Gasteiger partial charge in [0.25, 0.3) is 0 Å². The lowest BCUT2D eigenvalue weighted by Crippen LogP contribution is -2.46. The molecule has 1 aromatic rings. The summed E-state index contributed by atoms with van der Waals surface area (Å²) in [6.45, 7) is 8.39. The van der Waals surface area contributed by atoms with Gasteiger partial charge in [-0.25, -0.2) is 4.39 Å². The van der Waals surface area contributed by atoms with Gasteiger partial charge in [-0.1, -0.05) is 13.0 Å². The number of benzene rings is 1. The van der Waals surface area contributed by atoms with Gasteiger partial charge in [0, 0.05) is 12.0 Å². The van der Waals surface area contributed by atoms with E-state index in [4.69, 9.17) is 10.6 Å². The number of nitrogens with one attached hydrogen (secondary N) is 1. The molecule has 0 spiro atoms. The summed E-state index contributed by atoms with van der Waals surface area (Å²) in [5.74, 6) is 6.32. The summed E-state index contributed by atoms with van der Waals surface area (Å²) < 4.78 is 19.3. The highest BCUT2D eigenvalue weighted by atomic mass is 19.1. The van der Waals surface area contributed by atoms with Gasteiger partial charge in [0.2, 0.25) is 0 Å². The number of rotatable bonds is 4. The zero-order chi connectivity index (χ0) is 14.9. The van der Waals surface area contributed by atoms with Crippen LogP contribution in [0.25, 0.3) is 0 Å². The van der Waals surface area contributed by atoms with Crippen LogP contribution in [0.4, 0.5) is 4.39 Å². The van der Waals surface area contributed by atoms with Crippen LogP contribution in [0.1, 0.15) is 31.9 Å². The van der Waals surface area contributed by atoms with Crippen molar-refractivity contribution in [3.63, 3.8) is 0 Å². The zero-order valence-corrected chi connectivity index (χ0v) is 12.7. The predicted octanol–water partition coefficient (Wildman–Crippen LogP) is 2.57. The van der Waals surface area contributed by atoms with Gasteiger partial charge >= 0.3 is 0 Å². The maximum absolute atomic E-state index is 13.4. The Morgan fingerprint density at radius 1 is 1.30 bits per heavy atom. The molecule has 1 aliphatic rings. The molecule has 112 valence electrons. The van der Waals surface area contributed by atoms with E-state index in [0.29, 0.717) is 11.8 Å². The van der Waals surface area contributed by atoms with Gasteiger partial charge in [-0.2, -0.15) is 0 Å². The Hall–Kier alpha value is -0.970. The molecule has 0 bridgehead atoms. The molecule has 1 fully saturated rings.